The third-order valence-electron chi connectivity index (χ3n) is 1.84. The number of rotatable bonds is 2. The molecule has 1 aromatic heterocycles. The van der Waals surface area contributed by atoms with Gasteiger partial charge in [-0.1, -0.05) is 6.07 Å². The molecule has 0 fully saturated rings. The lowest BCUT2D eigenvalue weighted by Gasteiger charge is -1.89. The fourth-order valence-electron chi connectivity index (χ4n) is 1.20. The summed E-state index contributed by atoms with van der Waals surface area (Å²) in [7, 11) is 0. The van der Waals surface area contributed by atoms with Crippen LogP contribution in [0.15, 0.2) is 28.7 Å². The van der Waals surface area contributed by atoms with Crippen molar-refractivity contribution < 1.29 is 14.3 Å². The van der Waals surface area contributed by atoms with Crippen molar-refractivity contribution in [2.45, 2.75) is 0 Å². The number of carbonyl (C=O) groups is 1. The Morgan fingerprint density at radius 2 is 2.33 bits per heavy atom. The van der Waals surface area contributed by atoms with Crippen LogP contribution in [0, 0.1) is 0 Å². The van der Waals surface area contributed by atoms with E-state index < -0.39 is 5.97 Å². The summed E-state index contributed by atoms with van der Waals surface area (Å²) in [6.45, 7) is 0. The summed E-state index contributed by atoms with van der Waals surface area (Å²) >= 11 is 0. The van der Waals surface area contributed by atoms with Crippen LogP contribution in [-0.2, 0) is 4.79 Å². The highest BCUT2D eigenvalue weighted by atomic mass is 16.4. The molecule has 0 unspecified atom stereocenters. The summed E-state index contributed by atoms with van der Waals surface area (Å²) in [4.78, 5) is 14.3. The molecule has 3 N–H and O–H groups in total. The predicted octanol–water partition coefficient (Wildman–Crippen LogP) is 1.51. The van der Waals surface area contributed by atoms with Gasteiger partial charge in [-0.05, 0) is 12.1 Å². The Bertz CT molecular complexity index is 543. The quantitative estimate of drug-likeness (QED) is 0.571. The van der Waals surface area contributed by atoms with Crippen LogP contribution in [0.1, 0.15) is 5.89 Å². The van der Waals surface area contributed by atoms with Gasteiger partial charge in [-0.15, -0.1) is 0 Å². The molecule has 2 aromatic rings. The monoisotopic (exact) mass is 204 g/mol. The normalized spacial score (nSPS) is 11.2. The van der Waals surface area contributed by atoms with Crippen molar-refractivity contribution in [1.82, 2.24) is 4.98 Å². The van der Waals surface area contributed by atoms with E-state index in [1.165, 1.54) is 6.08 Å². The number of oxazole rings is 1. The topological polar surface area (TPSA) is 89.3 Å². The molecule has 1 aromatic carbocycles. The number of hydrogen-bond acceptors (Lipinski definition) is 4. The third kappa shape index (κ3) is 1.80. The molecule has 0 spiro atoms. The molecular weight excluding hydrogens is 196 g/mol. The van der Waals surface area contributed by atoms with Crippen LogP contribution in [0.4, 0.5) is 5.69 Å². The minimum Gasteiger partial charge on any atom is -0.478 e. The van der Waals surface area contributed by atoms with Crippen molar-refractivity contribution in [3.63, 3.8) is 0 Å². The lowest BCUT2D eigenvalue weighted by molar-refractivity contribution is -0.131. The molecule has 2 rings (SSSR count). The average Bonchev–Trinajstić information content (AvgIpc) is 2.59. The highest BCUT2D eigenvalue weighted by molar-refractivity contribution is 5.88. The van der Waals surface area contributed by atoms with Crippen molar-refractivity contribution in [3.8, 4) is 0 Å². The van der Waals surface area contributed by atoms with Crippen LogP contribution in [0.2, 0.25) is 0 Å². The van der Waals surface area contributed by atoms with Gasteiger partial charge in [0.25, 0.3) is 0 Å². The molecular formula is C10H8N2O3. The Morgan fingerprint density at radius 1 is 1.53 bits per heavy atom. The molecule has 0 atom stereocenters. The molecule has 0 saturated carbocycles. The molecule has 1 heterocycles. The molecule has 5 nitrogen and oxygen atoms in total. The van der Waals surface area contributed by atoms with E-state index in [4.69, 9.17) is 15.3 Å². The zero-order valence-corrected chi connectivity index (χ0v) is 7.68. The minimum absolute atomic E-state index is 0.227. The van der Waals surface area contributed by atoms with Crippen LogP contribution in [0.5, 0.6) is 0 Å². The largest absolute Gasteiger partial charge is 0.478 e. The molecule has 0 bridgehead atoms. The highest BCUT2D eigenvalue weighted by Crippen LogP contribution is 2.21. The first-order valence-electron chi connectivity index (χ1n) is 4.23. The van der Waals surface area contributed by atoms with Crippen molar-refractivity contribution in [2.75, 3.05) is 5.73 Å². The Hall–Kier alpha value is -2.30. The summed E-state index contributed by atoms with van der Waals surface area (Å²) < 4.78 is 5.26. The third-order valence-corrected chi connectivity index (χ3v) is 1.84. The van der Waals surface area contributed by atoms with E-state index in [2.05, 4.69) is 4.98 Å². The number of para-hydroxylation sites is 1. The van der Waals surface area contributed by atoms with E-state index >= 15 is 0 Å². The molecule has 76 valence electrons. The van der Waals surface area contributed by atoms with Crippen LogP contribution in [0.3, 0.4) is 0 Å². The highest BCUT2D eigenvalue weighted by Gasteiger charge is 2.05. The van der Waals surface area contributed by atoms with Gasteiger partial charge in [0.1, 0.15) is 5.52 Å². The molecule has 0 aliphatic carbocycles. The molecule has 0 amide bonds. The van der Waals surface area contributed by atoms with Gasteiger partial charge in [-0.2, -0.15) is 0 Å². The van der Waals surface area contributed by atoms with Crippen molar-refractivity contribution in [1.29, 1.82) is 0 Å². The van der Waals surface area contributed by atoms with Crippen molar-refractivity contribution in [2.24, 2.45) is 0 Å². The lowest BCUT2D eigenvalue weighted by atomic mass is 10.3. The number of hydrogen-bond donors (Lipinski definition) is 2. The number of benzene rings is 1. The van der Waals surface area contributed by atoms with E-state index in [0.29, 0.717) is 16.8 Å². The van der Waals surface area contributed by atoms with E-state index in [-0.39, 0.29) is 5.89 Å². The number of carboxylic acids is 1. The smallest absolute Gasteiger partial charge is 0.328 e. The van der Waals surface area contributed by atoms with Gasteiger partial charge in [0.2, 0.25) is 5.89 Å². The lowest BCUT2D eigenvalue weighted by Crippen LogP contribution is -1.86. The first-order valence-corrected chi connectivity index (χ1v) is 4.23. The number of nitrogen functional groups attached to an aromatic ring is 1. The van der Waals surface area contributed by atoms with Crippen LogP contribution < -0.4 is 5.73 Å². The van der Waals surface area contributed by atoms with Gasteiger partial charge < -0.3 is 15.3 Å². The number of carboxylic acid groups (broad SMARTS) is 1. The second kappa shape index (κ2) is 3.45. The predicted molar refractivity (Wildman–Crippen MR) is 55.1 cm³/mol. The Balaban J connectivity index is 2.48. The fourth-order valence-corrected chi connectivity index (χ4v) is 1.20. The van der Waals surface area contributed by atoms with Crippen LogP contribution in [0.25, 0.3) is 17.2 Å². The van der Waals surface area contributed by atoms with E-state index in [9.17, 15) is 4.79 Å². The number of anilines is 1. The van der Waals surface area contributed by atoms with Crippen molar-refractivity contribution >= 4 is 28.8 Å². The van der Waals surface area contributed by atoms with E-state index in [1.807, 2.05) is 0 Å². The SMILES string of the molecule is Nc1cccc2oc(/C=C/C(=O)O)nc12. The number of aliphatic carboxylic acids is 1. The fraction of sp³-hybridized carbons (Fsp3) is 0. The zero-order chi connectivity index (χ0) is 10.8. The van der Waals surface area contributed by atoms with Gasteiger partial charge in [-0.25, -0.2) is 9.78 Å². The first kappa shape index (κ1) is 9.26. The molecule has 0 saturated heterocycles. The van der Waals surface area contributed by atoms with Gasteiger partial charge in [0.05, 0.1) is 5.69 Å². The number of nitrogens with zero attached hydrogens (tertiary/aromatic N) is 1. The molecule has 5 heteroatoms. The maximum atomic E-state index is 10.3. The summed E-state index contributed by atoms with van der Waals surface area (Å²) in [6.07, 6.45) is 2.24. The second-order valence-electron chi connectivity index (χ2n) is 2.92. The molecule has 15 heavy (non-hydrogen) atoms. The Labute approximate surface area is 84.8 Å². The molecule has 0 aliphatic rings. The summed E-state index contributed by atoms with van der Waals surface area (Å²) in [5.41, 5.74) is 7.25. The van der Waals surface area contributed by atoms with E-state index in [1.54, 1.807) is 18.2 Å². The minimum atomic E-state index is -1.05. The maximum absolute atomic E-state index is 10.3. The summed E-state index contributed by atoms with van der Waals surface area (Å²) in [5.74, 6) is -0.824. The van der Waals surface area contributed by atoms with E-state index in [0.717, 1.165) is 6.08 Å². The summed E-state index contributed by atoms with van der Waals surface area (Å²) in [6, 6.07) is 5.17. The first-order chi connectivity index (χ1) is 7.16. The van der Waals surface area contributed by atoms with Gasteiger partial charge in [-0.3, -0.25) is 0 Å². The number of aromatic nitrogens is 1. The zero-order valence-electron chi connectivity index (χ0n) is 7.68. The summed E-state index contributed by atoms with van der Waals surface area (Å²) in [5, 5.41) is 8.42. The maximum Gasteiger partial charge on any atom is 0.328 e. The van der Waals surface area contributed by atoms with Gasteiger partial charge in [0, 0.05) is 12.2 Å². The molecule has 0 radical (unpaired) electrons. The number of fused-ring (bicyclic) bond motifs is 1. The Morgan fingerprint density at radius 3 is 3.00 bits per heavy atom. The Kier molecular flexibility index (Phi) is 2.13. The second-order valence-corrected chi connectivity index (χ2v) is 2.92. The molecule has 0 aliphatic heterocycles. The standard InChI is InChI=1S/C10H8N2O3/c11-6-2-1-3-7-10(6)12-8(15-7)4-5-9(13)14/h1-5H,11H2,(H,13,14)/b5-4+. The van der Waals surface area contributed by atoms with Crippen molar-refractivity contribution in [3.05, 3.63) is 30.2 Å². The number of nitrogens with two attached hydrogens (primary N) is 1. The van der Waals surface area contributed by atoms with Gasteiger partial charge >= 0.3 is 5.97 Å². The van der Waals surface area contributed by atoms with Gasteiger partial charge in [0.15, 0.2) is 5.58 Å². The van der Waals surface area contributed by atoms with Crippen LogP contribution in [-0.4, -0.2) is 16.1 Å². The van der Waals surface area contributed by atoms with Crippen LogP contribution >= 0.6 is 0 Å². The average molecular weight is 204 g/mol.